The lowest BCUT2D eigenvalue weighted by atomic mass is 10.0. The van der Waals surface area contributed by atoms with E-state index in [1.165, 1.54) is 11.1 Å². The van der Waals surface area contributed by atoms with Gasteiger partial charge < -0.3 is 19.7 Å². The first-order valence-electron chi connectivity index (χ1n) is 13.0. The van der Waals surface area contributed by atoms with Crippen LogP contribution in [0.5, 0.6) is 0 Å². The van der Waals surface area contributed by atoms with E-state index < -0.39 is 11.7 Å². The maximum absolute atomic E-state index is 13.3. The molecule has 0 bridgehead atoms. The molecule has 0 spiro atoms. The van der Waals surface area contributed by atoms with E-state index >= 15 is 0 Å². The van der Waals surface area contributed by atoms with Gasteiger partial charge in [-0.05, 0) is 67.8 Å². The summed E-state index contributed by atoms with van der Waals surface area (Å²) in [7, 11) is 1.79. The van der Waals surface area contributed by atoms with Gasteiger partial charge in [0.15, 0.2) is 0 Å². The van der Waals surface area contributed by atoms with E-state index in [-0.39, 0.29) is 0 Å². The molecule has 1 aliphatic heterocycles. The van der Waals surface area contributed by atoms with E-state index in [4.69, 9.17) is 11.6 Å². The highest BCUT2D eigenvalue weighted by molar-refractivity contribution is 6.48. The third-order valence-corrected chi connectivity index (χ3v) is 7.89. The van der Waals surface area contributed by atoms with Crippen LogP contribution in [0.15, 0.2) is 66.9 Å². The molecule has 4 aromatic rings. The molecule has 0 aliphatic carbocycles. The number of ketones is 1. The van der Waals surface area contributed by atoms with Crippen LogP contribution in [0.4, 0.5) is 17.2 Å². The average Bonchev–Trinajstić information content (AvgIpc) is 3.25. The number of anilines is 3. The Bertz CT molecular complexity index is 1540. The minimum absolute atomic E-state index is 0.347. The van der Waals surface area contributed by atoms with Crippen LogP contribution in [0.1, 0.15) is 27.3 Å². The van der Waals surface area contributed by atoms with Crippen molar-refractivity contribution in [3.8, 4) is 11.1 Å². The van der Waals surface area contributed by atoms with Crippen molar-refractivity contribution in [3.63, 3.8) is 0 Å². The first-order valence-corrected chi connectivity index (χ1v) is 13.4. The highest BCUT2D eigenvalue weighted by Crippen LogP contribution is 2.31. The van der Waals surface area contributed by atoms with Gasteiger partial charge in [0.25, 0.3) is 11.7 Å². The minimum atomic E-state index is -0.724. The van der Waals surface area contributed by atoms with Gasteiger partial charge in [-0.15, -0.1) is 0 Å². The van der Waals surface area contributed by atoms with Gasteiger partial charge >= 0.3 is 0 Å². The minimum Gasteiger partial charge on any atom is -0.368 e. The second kappa shape index (κ2) is 10.9. The predicted octanol–water partition coefficient (Wildman–Crippen LogP) is 5.81. The lowest BCUT2D eigenvalue weighted by Gasteiger charge is -2.37. The molecular weight excluding hydrogens is 510 g/mol. The van der Waals surface area contributed by atoms with Crippen molar-refractivity contribution in [3.05, 3.63) is 94.4 Å². The van der Waals surface area contributed by atoms with Crippen LogP contribution < -0.4 is 15.1 Å². The summed E-state index contributed by atoms with van der Waals surface area (Å²) < 4.78 is 1.75. The van der Waals surface area contributed by atoms with E-state index in [1.807, 2.05) is 67.7 Å². The second-order valence-corrected chi connectivity index (χ2v) is 10.4. The lowest BCUT2D eigenvalue weighted by Crippen LogP contribution is -2.47. The standard InChI is InChI=1S/C31H32ClN5O2/c1-20-12-13-33-30(22(20)3)37-16-14-36(15-17-37)24-10-11-27(26(32)19-24)34-31(39)29(38)28-25(18-21(2)35(28)4)23-8-6-5-7-9-23/h5-13,18-19H,14-17H2,1-4H3,(H,34,39). The van der Waals surface area contributed by atoms with Crippen molar-refractivity contribution in [1.82, 2.24) is 9.55 Å². The molecule has 0 unspecified atom stereocenters. The Balaban J connectivity index is 1.28. The van der Waals surface area contributed by atoms with E-state index in [0.717, 1.165) is 54.5 Å². The zero-order chi connectivity index (χ0) is 27.7. The molecule has 0 radical (unpaired) electrons. The van der Waals surface area contributed by atoms with Gasteiger partial charge in [0.2, 0.25) is 0 Å². The number of hydrogen-bond acceptors (Lipinski definition) is 5. The van der Waals surface area contributed by atoms with Crippen LogP contribution >= 0.6 is 11.6 Å². The fourth-order valence-corrected chi connectivity index (χ4v) is 5.27. The first kappa shape index (κ1) is 26.5. The smallest absolute Gasteiger partial charge is 0.298 e. The number of amides is 1. The third-order valence-electron chi connectivity index (χ3n) is 7.57. The SMILES string of the molecule is Cc1ccnc(N2CCN(c3ccc(NC(=O)C(=O)c4c(-c5ccccc5)cc(C)n4C)c(Cl)c3)CC2)c1C. The quantitative estimate of drug-likeness (QED) is 0.246. The van der Waals surface area contributed by atoms with E-state index in [1.54, 1.807) is 17.7 Å². The number of carbonyl (C=O) groups excluding carboxylic acids is 2. The maximum Gasteiger partial charge on any atom is 0.298 e. The van der Waals surface area contributed by atoms with Crippen molar-refractivity contribution in [2.24, 2.45) is 7.05 Å². The summed E-state index contributed by atoms with van der Waals surface area (Å²) in [5.41, 5.74) is 6.68. The number of pyridine rings is 1. The molecule has 5 rings (SSSR count). The van der Waals surface area contributed by atoms with Crippen LogP contribution in [0.3, 0.4) is 0 Å². The third kappa shape index (κ3) is 5.27. The Labute approximate surface area is 234 Å². The number of halogens is 1. The maximum atomic E-state index is 13.3. The summed E-state index contributed by atoms with van der Waals surface area (Å²) in [6.45, 7) is 9.48. The van der Waals surface area contributed by atoms with Gasteiger partial charge in [-0.2, -0.15) is 0 Å². The number of carbonyl (C=O) groups is 2. The van der Waals surface area contributed by atoms with Crippen molar-refractivity contribution >= 4 is 40.5 Å². The molecule has 2 aromatic carbocycles. The number of nitrogens with one attached hydrogen (secondary N) is 1. The molecule has 7 nitrogen and oxygen atoms in total. The van der Waals surface area contributed by atoms with Crippen molar-refractivity contribution in [2.45, 2.75) is 20.8 Å². The molecule has 0 saturated carbocycles. The Kier molecular flexibility index (Phi) is 7.44. The topological polar surface area (TPSA) is 70.5 Å². The van der Waals surface area contributed by atoms with Crippen LogP contribution in [0.2, 0.25) is 5.02 Å². The number of rotatable bonds is 6. The average molecular weight is 542 g/mol. The summed E-state index contributed by atoms with van der Waals surface area (Å²) in [6.07, 6.45) is 1.86. The number of benzene rings is 2. The number of piperazine rings is 1. The van der Waals surface area contributed by atoms with Crippen LogP contribution in [0, 0.1) is 20.8 Å². The molecule has 1 amide bonds. The van der Waals surface area contributed by atoms with Gasteiger partial charge in [0.1, 0.15) is 11.5 Å². The zero-order valence-corrected chi connectivity index (χ0v) is 23.4. The number of nitrogens with zero attached hydrogens (tertiary/aromatic N) is 4. The molecule has 1 N–H and O–H groups in total. The normalized spacial score (nSPS) is 13.5. The molecule has 200 valence electrons. The molecule has 2 aromatic heterocycles. The molecule has 1 fully saturated rings. The highest BCUT2D eigenvalue weighted by atomic mass is 35.5. The van der Waals surface area contributed by atoms with Gasteiger partial charge in [-0.1, -0.05) is 41.9 Å². The summed E-state index contributed by atoms with van der Waals surface area (Å²) >= 11 is 6.59. The molecule has 39 heavy (non-hydrogen) atoms. The van der Waals surface area contributed by atoms with Crippen LogP contribution in [0.25, 0.3) is 11.1 Å². The van der Waals surface area contributed by atoms with E-state index in [0.29, 0.717) is 16.4 Å². The summed E-state index contributed by atoms with van der Waals surface area (Å²) in [6, 6.07) is 19.1. The Morgan fingerprint density at radius 1 is 0.897 bits per heavy atom. The summed E-state index contributed by atoms with van der Waals surface area (Å²) in [5.74, 6) is -0.294. The van der Waals surface area contributed by atoms with Gasteiger partial charge in [0.05, 0.1) is 10.7 Å². The fourth-order valence-electron chi connectivity index (χ4n) is 5.05. The molecule has 0 atom stereocenters. The highest BCUT2D eigenvalue weighted by Gasteiger charge is 2.26. The number of hydrogen-bond donors (Lipinski definition) is 1. The molecule has 1 saturated heterocycles. The largest absolute Gasteiger partial charge is 0.368 e. The van der Waals surface area contributed by atoms with Crippen LogP contribution in [-0.4, -0.2) is 47.4 Å². The predicted molar refractivity (Wildman–Crippen MR) is 158 cm³/mol. The number of aryl methyl sites for hydroxylation is 2. The van der Waals surface area contributed by atoms with Gasteiger partial charge in [-0.3, -0.25) is 9.59 Å². The van der Waals surface area contributed by atoms with Crippen LogP contribution in [-0.2, 0) is 11.8 Å². The Morgan fingerprint density at radius 3 is 2.28 bits per heavy atom. The Morgan fingerprint density at radius 2 is 1.59 bits per heavy atom. The summed E-state index contributed by atoms with van der Waals surface area (Å²) in [4.78, 5) is 35.5. The molecule has 1 aliphatic rings. The summed E-state index contributed by atoms with van der Waals surface area (Å²) in [5, 5.41) is 3.11. The van der Waals surface area contributed by atoms with Crippen molar-refractivity contribution in [1.29, 1.82) is 0 Å². The number of aromatic nitrogens is 2. The molecular formula is C31H32ClN5O2. The lowest BCUT2D eigenvalue weighted by molar-refractivity contribution is -0.112. The second-order valence-electron chi connectivity index (χ2n) is 9.97. The van der Waals surface area contributed by atoms with E-state index in [9.17, 15) is 9.59 Å². The molecule has 3 heterocycles. The van der Waals surface area contributed by atoms with Crippen molar-refractivity contribution in [2.75, 3.05) is 41.3 Å². The number of Topliss-reactive ketones (excluding diaryl/α,β-unsaturated/α-hetero) is 1. The van der Waals surface area contributed by atoms with E-state index in [2.05, 4.69) is 33.9 Å². The van der Waals surface area contributed by atoms with Crippen molar-refractivity contribution < 1.29 is 9.59 Å². The zero-order valence-electron chi connectivity index (χ0n) is 22.7. The van der Waals surface area contributed by atoms with Gasteiger partial charge in [0, 0.05) is 56.4 Å². The molecule has 8 heteroatoms. The fraction of sp³-hybridized carbons (Fsp3) is 0.258. The first-order chi connectivity index (χ1) is 18.7. The van der Waals surface area contributed by atoms with Gasteiger partial charge in [-0.25, -0.2) is 4.98 Å². The Hall–Kier alpha value is -4.10. The monoisotopic (exact) mass is 541 g/mol.